The standard InChI is InChI=1S/C31H26F3N3O2/c32-31(33,34)24-8-9-26-25(16-24)36-29(37(26)18-30(12-13-35-17-30)28(38)20-3-4-20)21-5-1-19(2-6-21)22-7-10-27-23(15-22)11-14-39-27/h1-2,5-11,14-16,20,35H,3-4,12-13,17-18H2/t30-/m0/s1. The Labute approximate surface area is 222 Å². The van der Waals surface area contributed by atoms with Gasteiger partial charge >= 0.3 is 6.18 Å². The van der Waals surface area contributed by atoms with Gasteiger partial charge in [0.2, 0.25) is 0 Å². The Balaban J connectivity index is 1.32. The molecule has 1 N–H and O–H groups in total. The van der Waals surface area contributed by atoms with Crippen molar-refractivity contribution in [2.45, 2.75) is 32.0 Å². The van der Waals surface area contributed by atoms with E-state index in [1.165, 1.54) is 6.07 Å². The molecule has 198 valence electrons. The summed E-state index contributed by atoms with van der Waals surface area (Å²) in [6.45, 7) is 1.69. The van der Waals surface area contributed by atoms with Gasteiger partial charge in [-0.2, -0.15) is 13.2 Å². The largest absolute Gasteiger partial charge is 0.464 e. The number of nitrogens with zero attached hydrogens (tertiary/aromatic N) is 2. The number of imidazole rings is 1. The molecule has 8 heteroatoms. The van der Waals surface area contributed by atoms with Gasteiger partial charge in [0.05, 0.1) is 28.3 Å². The van der Waals surface area contributed by atoms with Gasteiger partial charge in [0.25, 0.3) is 0 Å². The van der Waals surface area contributed by atoms with E-state index in [-0.39, 0.29) is 17.2 Å². The van der Waals surface area contributed by atoms with E-state index in [1.54, 1.807) is 6.26 Å². The zero-order chi connectivity index (χ0) is 26.8. The van der Waals surface area contributed by atoms with Crippen LogP contribution in [0, 0.1) is 11.3 Å². The molecule has 2 aromatic heterocycles. The molecule has 0 bridgehead atoms. The molecule has 1 atom stereocenters. The first-order valence-corrected chi connectivity index (χ1v) is 13.2. The van der Waals surface area contributed by atoms with Crippen LogP contribution in [0.25, 0.3) is 44.5 Å². The first kappa shape index (κ1) is 24.2. The number of halogens is 3. The van der Waals surface area contributed by atoms with Gasteiger partial charge in [-0.1, -0.05) is 30.3 Å². The summed E-state index contributed by atoms with van der Waals surface area (Å²) in [6, 6.07) is 19.5. The molecular formula is C31H26F3N3O2. The number of alkyl halides is 3. The normalized spacial score (nSPS) is 19.8. The lowest BCUT2D eigenvalue weighted by Gasteiger charge is -2.28. The maximum Gasteiger partial charge on any atom is 0.416 e. The Hall–Kier alpha value is -3.91. The number of hydrogen-bond acceptors (Lipinski definition) is 4. The monoisotopic (exact) mass is 529 g/mol. The summed E-state index contributed by atoms with van der Waals surface area (Å²) in [5.74, 6) is 0.917. The van der Waals surface area contributed by atoms with Crippen LogP contribution in [0.4, 0.5) is 13.2 Å². The summed E-state index contributed by atoms with van der Waals surface area (Å²) in [4.78, 5) is 18.2. The first-order valence-electron chi connectivity index (χ1n) is 13.2. The minimum absolute atomic E-state index is 0.0896. The maximum absolute atomic E-state index is 13.5. The third kappa shape index (κ3) is 4.23. The Morgan fingerprint density at radius 3 is 2.49 bits per heavy atom. The number of carbonyl (C=O) groups is 1. The van der Waals surface area contributed by atoms with Crippen LogP contribution in [0.5, 0.6) is 0 Å². The van der Waals surface area contributed by atoms with Crippen LogP contribution < -0.4 is 5.32 Å². The molecule has 2 aliphatic rings. The molecule has 2 fully saturated rings. The van der Waals surface area contributed by atoms with Gasteiger partial charge in [-0.15, -0.1) is 0 Å². The predicted molar refractivity (Wildman–Crippen MR) is 143 cm³/mol. The molecule has 5 aromatic rings. The Morgan fingerprint density at radius 2 is 1.77 bits per heavy atom. The number of carbonyl (C=O) groups excluding carboxylic acids is 1. The summed E-state index contributed by atoms with van der Waals surface area (Å²) >= 11 is 0. The third-order valence-corrected chi connectivity index (χ3v) is 8.18. The van der Waals surface area contributed by atoms with Gasteiger partial charge in [0.15, 0.2) is 0 Å². The summed E-state index contributed by atoms with van der Waals surface area (Å²) in [5, 5.41) is 4.36. The molecule has 1 saturated carbocycles. The highest BCUT2D eigenvalue weighted by Gasteiger charge is 2.48. The molecule has 5 nitrogen and oxygen atoms in total. The van der Waals surface area contributed by atoms with Gasteiger partial charge in [-0.05, 0) is 73.3 Å². The van der Waals surface area contributed by atoms with Crippen LogP contribution in [0.15, 0.2) is 77.4 Å². The van der Waals surface area contributed by atoms with E-state index in [2.05, 4.69) is 11.4 Å². The van der Waals surface area contributed by atoms with Crippen molar-refractivity contribution >= 4 is 27.8 Å². The highest BCUT2D eigenvalue weighted by Crippen LogP contribution is 2.43. The van der Waals surface area contributed by atoms with Crippen LogP contribution in [0.1, 0.15) is 24.8 Å². The van der Waals surface area contributed by atoms with Crippen molar-refractivity contribution in [3.63, 3.8) is 0 Å². The second-order valence-electron chi connectivity index (χ2n) is 10.8. The molecule has 0 spiro atoms. The Morgan fingerprint density at radius 1 is 1.00 bits per heavy atom. The number of benzene rings is 3. The van der Waals surface area contributed by atoms with Crippen molar-refractivity contribution in [1.29, 1.82) is 0 Å². The van der Waals surface area contributed by atoms with Crippen LogP contribution >= 0.6 is 0 Å². The highest BCUT2D eigenvalue weighted by molar-refractivity contribution is 5.90. The van der Waals surface area contributed by atoms with E-state index in [0.29, 0.717) is 30.9 Å². The van der Waals surface area contributed by atoms with Gasteiger partial charge in [0, 0.05) is 30.0 Å². The summed E-state index contributed by atoms with van der Waals surface area (Å²) in [6.07, 6.45) is -0.267. The number of furan rings is 1. The number of hydrogen-bond donors (Lipinski definition) is 1. The molecule has 0 amide bonds. The van der Waals surface area contributed by atoms with Gasteiger partial charge < -0.3 is 14.3 Å². The molecule has 3 heterocycles. The summed E-state index contributed by atoms with van der Waals surface area (Å²) in [7, 11) is 0. The van der Waals surface area contributed by atoms with Crippen molar-refractivity contribution in [2.75, 3.05) is 13.1 Å². The summed E-state index contributed by atoms with van der Waals surface area (Å²) in [5.41, 5.74) is 3.19. The lowest BCUT2D eigenvalue weighted by atomic mass is 9.80. The lowest BCUT2D eigenvalue weighted by Crippen LogP contribution is -2.39. The van der Waals surface area contributed by atoms with E-state index in [1.807, 2.05) is 47.0 Å². The van der Waals surface area contributed by atoms with Crippen molar-refractivity contribution in [1.82, 2.24) is 14.9 Å². The fraction of sp³-hybridized carbons (Fsp3) is 0.290. The first-order chi connectivity index (χ1) is 18.8. The fourth-order valence-corrected chi connectivity index (χ4v) is 5.89. The lowest BCUT2D eigenvalue weighted by molar-refractivity contribution is -0.137. The second-order valence-corrected chi connectivity index (χ2v) is 10.8. The number of aromatic nitrogens is 2. The average molecular weight is 530 g/mol. The Bertz CT molecular complexity index is 1710. The van der Waals surface area contributed by atoms with Gasteiger partial charge in [-0.3, -0.25) is 4.79 Å². The average Bonchev–Trinajstić information content (AvgIpc) is 3.32. The third-order valence-electron chi connectivity index (χ3n) is 8.18. The molecule has 1 saturated heterocycles. The number of nitrogens with one attached hydrogen (secondary N) is 1. The molecule has 3 aromatic carbocycles. The molecule has 7 rings (SSSR count). The molecule has 1 aliphatic heterocycles. The number of Topliss-reactive ketones (excluding diaryl/α,β-unsaturated/α-hetero) is 1. The van der Waals surface area contributed by atoms with Crippen molar-refractivity contribution in [2.24, 2.45) is 11.3 Å². The minimum atomic E-state index is -4.46. The molecule has 0 radical (unpaired) electrons. The topological polar surface area (TPSA) is 60.1 Å². The van der Waals surface area contributed by atoms with Crippen LogP contribution in [-0.2, 0) is 17.5 Å². The zero-order valence-electron chi connectivity index (χ0n) is 21.1. The molecule has 1 aliphatic carbocycles. The predicted octanol–water partition coefficient (Wildman–Crippen LogP) is 7.09. The number of rotatable bonds is 6. The van der Waals surface area contributed by atoms with Crippen LogP contribution in [-0.4, -0.2) is 28.4 Å². The van der Waals surface area contributed by atoms with Crippen molar-refractivity contribution < 1.29 is 22.4 Å². The highest BCUT2D eigenvalue weighted by atomic mass is 19.4. The molecule has 39 heavy (non-hydrogen) atoms. The minimum Gasteiger partial charge on any atom is -0.464 e. The van der Waals surface area contributed by atoms with E-state index in [9.17, 15) is 18.0 Å². The molecule has 0 unspecified atom stereocenters. The number of ketones is 1. The van der Waals surface area contributed by atoms with E-state index < -0.39 is 17.2 Å². The van der Waals surface area contributed by atoms with E-state index in [0.717, 1.165) is 59.2 Å². The summed E-state index contributed by atoms with van der Waals surface area (Å²) < 4.78 is 48.0. The SMILES string of the molecule is O=C(C1CC1)[C@@]1(Cn2c(-c3ccc(-c4ccc5occc5c4)cc3)nc3cc(C(F)(F)F)ccc32)CCNC1. The van der Waals surface area contributed by atoms with Gasteiger partial charge in [0.1, 0.15) is 17.2 Å². The van der Waals surface area contributed by atoms with Crippen LogP contribution in [0.2, 0.25) is 0 Å². The molecular weight excluding hydrogens is 503 g/mol. The quantitative estimate of drug-likeness (QED) is 0.255. The smallest absolute Gasteiger partial charge is 0.416 e. The van der Waals surface area contributed by atoms with Crippen molar-refractivity contribution in [3.8, 4) is 22.5 Å². The maximum atomic E-state index is 13.5. The van der Waals surface area contributed by atoms with E-state index >= 15 is 0 Å². The van der Waals surface area contributed by atoms with Gasteiger partial charge in [-0.25, -0.2) is 4.98 Å². The number of fused-ring (bicyclic) bond motifs is 2. The zero-order valence-corrected chi connectivity index (χ0v) is 21.1. The van der Waals surface area contributed by atoms with E-state index in [4.69, 9.17) is 9.40 Å². The van der Waals surface area contributed by atoms with Crippen LogP contribution in [0.3, 0.4) is 0 Å². The second kappa shape index (κ2) is 8.81. The fourth-order valence-electron chi connectivity index (χ4n) is 5.89. The van der Waals surface area contributed by atoms with Crippen molar-refractivity contribution in [3.05, 3.63) is 78.6 Å². The Kier molecular flexibility index (Phi) is 5.46.